The number of nitrogens with zero attached hydrogens (tertiary/aromatic N) is 2. The molecule has 0 fully saturated rings. The average Bonchev–Trinajstić information content (AvgIpc) is 2.88. The van der Waals surface area contributed by atoms with Crippen LogP contribution in [-0.4, -0.2) is 21.0 Å². The van der Waals surface area contributed by atoms with Gasteiger partial charge in [0, 0.05) is 23.0 Å². The van der Waals surface area contributed by atoms with E-state index < -0.39 is 10.8 Å². The number of nitro groups is 1. The Balaban J connectivity index is 2.13. The third-order valence-corrected chi connectivity index (χ3v) is 3.16. The van der Waals surface area contributed by atoms with Gasteiger partial charge in [-0.1, -0.05) is 19.9 Å². The number of benzene rings is 1. The Labute approximate surface area is 127 Å². The quantitative estimate of drug-likeness (QED) is 0.654. The lowest BCUT2D eigenvalue weighted by Crippen LogP contribution is -2.12. The van der Waals surface area contributed by atoms with Crippen molar-refractivity contribution in [3.05, 3.63) is 51.3 Å². The zero-order chi connectivity index (χ0) is 16.3. The topological polar surface area (TPSA) is 101 Å². The number of anilines is 1. The summed E-state index contributed by atoms with van der Waals surface area (Å²) in [7, 11) is 0. The van der Waals surface area contributed by atoms with Gasteiger partial charge in [-0.15, -0.1) is 0 Å². The van der Waals surface area contributed by atoms with E-state index in [9.17, 15) is 14.9 Å². The van der Waals surface area contributed by atoms with Crippen molar-refractivity contribution in [2.75, 3.05) is 5.32 Å². The second kappa shape index (κ2) is 6.38. The predicted octanol–water partition coefficient (Wildman–Crippen LogP) is 3.08. The fourth-order valence-corrected chi connectivity index (χ4v) is 2.10. The Kier molecular flexibility index (Phi) is 4.55. The number of nitro benzene ring substituents is 1. The van der Waals surface area contributed by atoms with E-state index in [0.717, 1.165) is 12.1 Å². The third kappa shape index (κ3) is 3.69. The number of amides is 1. The number of hydrogen-bond acceptors (Lipinski definition) is 4. The summed E-state index contributed by atoms with van der Waals surface area (Å²) in [4.78, 5) is 22.6. The molecule has 22 heavy (non-hydrogen) atoms. The van der Waals surface area contributed by atoms with Gasteiger partial charge in [-0.05, 0) is 31.4 Å². The van der Waals surface area contributed by atoms with Crippen LogP contribution in [0.1, 0.15) is 35.6 Å². The Bertz CT molecular complexity index is 707. The van der Waals surface area contributed by atoms with Gasteiger partial charge in [-0.3, -0.25) is 20.0 Å². The Morgan fingerprint density at radius 1 is 1.41 bits per heavy atom. The van der Waals surface area contributed by atoms with Crippen molar-refractivity contribution in [2.45, 2.75) is 27.2 Å². The maximum atomic E-state index is 12.1. The molecule has 0 aliphatic rings. The number of aryl methyl sites for hydroxylation is 1. The highest BCUT2D eigenvalue weighted by atomic mass is 16.6. The second-order valence-corrected chi connectivity index (χ2v) is 5.59. The summed E-state index contributed by atoms with van der Waals surface area (Å²) in [6.45, 7) is 5.80. The standard InChI is InChI=1S/C15H18N4O3/c1-9(2)6-12-7-13(18-17-12)15(20)16-11-5-4-10(3)14(8-11)19(21)22/h4-5,7-9H,6H2,1-3H3,(H,16,20)(H,17,18). The number of H-pyrrole nitrogens is 1. The zero-order valence-corrected chi connectivity index (χ0v) is 12.7. The summed E-state index contributed by atoms with van der Waals surface area (Å²) in [5.41, 5.74) is 2.03. The van der Waals surface area contributed by atoms with Crippen LogP contribution < -0.4 is 5.32 Å². The van der Waals surface area contributed by atoms with Crippen LogP contribution in [0.15, 0.2) is 24.3 Å². The molecule has 0 saturated heterocycles. The minimum atomic E-state index is -0.472. The second-order valence-electron chi connectivity index (χ2n) is 5.59. The number of aromatic amines is 1. The van der Waals surface area contributed by atoms with Crippen molar-refractivity contribution in [1.29, 1.82) is 0 Å². The van der Waals surface area contributed by atoms with Crippen molar-refractivity contribution in [3.63, 3.8) is 0 Å². The minimum absolute atomic E-state index is 0.0275. The van der Waals surface area contributed by atoms with Crippen LogP contribution in [0.25, 0.3) is 0 Å². The van der Waals surface area contributed by atoms with Crippen molar-refractivity contribution in [3.8, 4) is 0 Å². The summed E-state index contributed by atoms with van der Waals surface area (Å²) in [5, 5.41) is 20.3. The molecule has 116 valence electrons. The molecule has 0 aliphatic heterocycles. The van der Waals surface area contributed by atoms with E-state index in [0.29, 0.717) is 17.2 Å². The van der Waals surface area contributed by atoms with E-state index in [1.165, 1.54) is 6.07 Å². The van der Waals surface area contributed by atoms with Crippen LogP contribution in [-0.2, 0) is 6.42 Å². The molecule has 0 radical (unpaired) electrons. The lowest BCUT2D eigenvalue weighted by Gasteiger charge is -2.04. The van der Waals surface area contributed by atoms with Crippen LogP contribution in [0.2, 0.25) is 0 Å². The number of carbonyl (C=O) groups excluding carboxylic acids is 1. The molecule has 1 aromatic heterocycles. The summed E-state index contributed by atoms with van der Waals surface area (Å²) in [5.74, 6) is 0.0560. The third-order valence-electron chi connectivity index (χ3n) is 3.16. The molecule has 0 bridgehead atoms. The highest BCUT2D eigenvalue weighted by Gasteiger charge is 2.15. The molecule has 2 aromatic rings. The molecule has 1 amide bonds. The SMILES string of the molecule is Cc1ccc(NC(=O)c2cc(CC(C)C)[nH]n2)cc1[N+](=O)[O-]. The van der Waals surface area contributed by atoms with Crippen molar-refractivity contribution >= 4 is 17.3 Å². The predicted molar refractivity (Wildman–Crippen MR) is 82.9 cm³/mol. The van der Waals surface area contributed by atoms with E-state index in [4.69, 9.17) is 0 Å². The van der Waals surface area contributed by atoms with E-state index in [1.807, 2.05) is 0 Å². The first-order valence-electron chi connectivity index (χ1n) is 6.97. The van der Waals surface area contributed by atoms with Gasteiger partial charge >= 0.3 is 0 Å². The molecule has 0 saturated carbocycles. The van der Waals surface area contributed by atoms with Gasteiger partial charge in [-0.25, -0.2) is 0 Å². The molecule has 1 aromatic carbocycles. The molecular formula is C15H18N4O3. The number of carbonyl (C=O) groups is 1. The fourth-order valence-electron chi connectivity index (χ4n) is 2.10. The average molecular weight is 302 g/mol. The highest BCUT2D eigenvalue weighted by molar-refractivity contribution is 6.03. The lowest BCUT2D eigenvalue weighted by atomic mass is 10.1. The molecule has 0 atom stereocenters. The van der Waals surface area contributed by atoms with Gasteiger partial charge in [-0.2, -0.15) is 5.10 Å². The summed E-state index contributed by atoms with van der Waals surface area (Å²) in [6.07, 6.45) is 0.802. The molecule has 0 spiro atoms. The van der Waals surface area contributed by atoms with Gasteiger partial charge in [0.05, 0.1) is 4.92 Å². The first kappa shape index (κ1) is 15.7. The molecule has 2 rings (SSSR count). The number of hydrogen-bond donors (Lipinski definition) is 2. The summed E-state index contributed by atoms with van der Waals surface area (Å²) >= 11 is 0. The highest BCUT2D eigenvalue weighted by Crippen LogP contribution is 2.22. The Hall–Kier alpha value is -2.70. The summed E-state index contributed by atoms with van der Waals surface area (Å²) < 4.78 is 0. The Morgan fingerprint density at radius 3 is 2.77 bits per heavy atom. The van der Waals surface area contributed by atoms with E-state index >= 15 is 0 Å². The maximum Gasteiger partial charge on any atom is 0.276 e. The van der Waals surface area contributed by atoms with Crippen LogP contribution >= 0.6 is 0 Å². The molecule has 0 aliphatic carbocycles. The van der Waals surface area contributed by atoms with Crippen LogP contribution in [0.3, 0.4) is 0 Å². The van der Waals surface area contributed by atoms with Crippen LogP contribution in [0.5, 0.6) is 0 Å². The maximum absolute atomic E-state index is 12.1. The van der Waals surface area contributed by atoms with Crippen LogP contribution in [0.4, 0.5) is 11.4 Å². The van der Waals surface area contributed by atoms with Crippen molar-refractivity contribution in [2.24, 2.45) is 5.92 Å². The number of aromatic nitrogens is 2. The van der Waals surface area contributed by atoms with Crippen molar-refractivity contribution in [1.82, 2.24) is 10.2 Å². The molecule has 0 unspecified atom stereocenters. The molecular weight excluding hydrogens is 284 g/mol. The largest absolute Gasteiger partial charge is 0.320 e. The molecule has 7 heteroatoms. The van der Waals surface area contributed by atoms with E-state index in [2.05, 4.69) is 29.4 Å². The van der Waals surface area contributed by atoms with Gasteiger partial charge in [0.25, 0.3) is 11.6 Å². The summed E-state index contributed by atoms with van der Waals surface area (Å²) in [6, 6.07) is 6.26. The smallest absolute Gasteiger partial charge is 0.276 e. The van der Waals surface area contributed by atoms with Crippen LogP contribution in [0, 0.1) is 23.0 Å². The first-order valence-corrected chi connectivity index (χ1v) is 6.97. The fraction of sp³-hybridized carbons (Fsp3) is 0.333. The molecule has 7 nitrogen and oxygen atoms in total. The number of nitrogens with one attached hydrogen (secondary N) is 2. The molecule has 2 N–H and O–H groups in total. The van der Waals surface area contributed by atoms with Gasteiger partial charge in [0.2, 0.25) is 0 Å². The van der Waals surface area contributed by atoms with E-state index in [-0.39, 0.29) is 11.4 Å². The lowest BCUT2D eigenvalue weighted by molar-refractivity contribution is -0.385. The first-order chi connectivity index (χ1) is 10.4. The monoisotopic (exact) mass is 302 g/mol. The zero-order valence-electron chi connectivity index (χ0n) is 12.7. The number of rotatable bonds is 5. The Morgan fingerprint density at radius 2 is 2.14 bits per heavy atom. The van der Waals surface area contributed by atoms with Gasteiger partial charge in [0.15, 0.2) is 5.69 Å². The normalized spacial score (nSPS) is 10.7. The molecule has 1 heterocycles. The van der Waals surface area contributed by atoms with E-state index in [1.54, 1.807) is 25.1 Å². The van der Waals surface area contributed by atoms with Gasteiger partial charge in [0.1, 0.15) is 0 Å². The minimum Gasteiger partial charge on any atom is -0.320 e. The van der Waals surface area contributed by atoms with Crippen molar-refractivity contribution < 1.29 is 9.72 Å². The van der Waals surface area contributed by atoms with Gasteiger partial charge < -0.3 is 5.32 Å².